The summed E-state index contributed by atoms with van der Waals surface area (Å²) in [4.78, 5) is 36.2. The van der Waals surface area contributed by atoms with E-state index >= 15 is 0 Å². The van der Waals surface area contributed by atoms with Crippen LogP contribution in [-0.4, -0.2) is 35.0 Å². The monoisotopic (exact) mass is 367 g/mol. The lowest BCUT2D eigenvalue weighted by atomic mass is 10.00. The maximum atomic E-state index is 12.2. The molecule has 0 aromatic heterocycles. The molecule has 4 amide bonds. The van der Waals surface area contributed by atoms with Crippen molar-refractivity contribution in [3.8, 4) is 16.9 Å². The fourth-order valence-corrected chi connectivity index (χ4v) is 2.71. The molecule has 27 heavy (non-hydrogen) atoms. The van der Waals surface area contributed by atoms with Crippen LogP contribution in [0.25, 0.3) is 11.1 Å². The van der Waals surface area contributed by atoms with Crippen molar-refractivity contribution in [2.24, 2.45) is 0 Å². The molecule has 0 aliphatic carbocycles. The zero-order chi connectivity index (χ0) is 19.4. The first-order chi connectivity index (χ1) is 12.9. The summed E-state index contributed by atoms with van der Waals surface area (Å²) in [6.45, 7) is 3.08. The number of hydrogen-bond donors (Lipinski definition) is 2. The van der Waals surface area contributed by atoms with Gasteiger partial charge in [0.25, 0.3) is 11.8 Å². The van der Waals surface area contributed by atoms with E-state index in [1.165, 1.54) is 0 Å². The highest BCUT2D eigenvalue weighted by molar-refractivity contribution is 6.07. The number of carbonyl (C=O) groups is 3. The largest absolute Gasteiger partial charge is 0.484 e. The second kappa shape index (κ2) is 7.49. The summed E-state index contributed by atoms with van der Waals surface area (Å²) in [5.74, 6) is -0.568. The number of urea groups is 1. The van der Waals surface area contributed by atoms with Crippen LogP contribution in [0.15, 0.2) is 54.6 Å². The summed E-state index contributed by atoms with van der Waals surface area (Å²) in [6.07, 6.45) is 0.425. The van der Waals surface area contributed by atoms with E-state index in [2.05, 4.69) is 10.7 Å². The van der Waals surface area contributed by atoms with Crippen molar-refractivity contribution in [2.45, 2.75) is 25.8 Å². The fraction of sp³-hybridized carbons (Fsp3) is 0.250. The van der Waals surface area contributed by atoms with Crippen molar-refractivity contribution in [2.75, 3.05) is 6.61 Å². The molecule has 7 heteroatoms. The maximum Gasteiger partial charge on any atom is 0.344 e. The van der Waals surface area contributed by atoms with Gasteiger partial charge in [0.1, 0.15) is 11.3 Å². The third kappa shape index (κ3) is 3.92. The van der Waals surface area contributed by atoms with Gasteiger partial charge in [-0.25, -0.2) is 4.79 Å². The van der Waals surface area contributed by atoms with E-state index in [-0.39, 0.29) is 6.61 Å². The summed E-state index contributed by atoms with van der Waals surface area (Å²) >= 11 is 0. The maximum absolute atomic E-state index is 12.2. The number of amides is 4. The summed E-state index contributed by atoms with van der Waals surface area (Å²) in [6, 6.07) is 16.6. The van der Waals surface area contributed by atoms with Crippen LogP contribution in [0.1, 0.15) is 20.3 Å². The minimum absolute atomic E-state index is 0.315. The van der Waals surface area contributed by atoms with Crippen molar-refractivity contribution in [1.29, 1.82) is 0 Å². The molecular formula is C20H21N3O4. The predicted molar refractivity (Wildman–Crippen MR) is 99.6 cm³/mol. The summed E-state index contributed by atoms with van der Waals surface area (Å²) < 4.78 is 5.44. The van der Waals surface area contributed by atoms with Crippen molar-refractivity contribution in [3.63, 3.8) is 0 Å². The Hall–Kier alpha value is -3.35. The molecule has 2 aromatic rings. The summed E-state index contributed by atoms with van der Waals surface area (Å²) in [5.41, 5.74) is 3.40. The lowest BCUT2D eigenvalue weighted by Gasteiger charge is -2.19. The number of nitrogens with zero attached hydrogens (tertiary/aromatic N) is 1. The van der Waals surface area contributed by atoms with E-state index in [0.717, 1.165) is 11.1 Å². The van der Waals surface area contributed by atoms with Gasteiger partial charge in [-0.1, -0.05) is 49.4 Å². The minimum atomic E-state index is -1.00. The van der Waals surface area contributed by atoms with Crippen LogP contribution in [0.5, 0.6) is 5.75 Å². The molecule has 2 aromatic carbocycles. The van der Waals surface area contributed by atoms with Gasteiger partial charge in [-0.15, -0.1) is 0 Å². The topological polar surface area (TPSA) is 87.7 Å². The molecule has 0 unspecified atom stereocenters. The number of hydrogen-bond acceptors (Lipinski definition) is 4. The Balaban J connectivity index is 1.55. The number of carbonyl (C=O) groups excluding carboxylic acids is 3. The Bertz CT molecular complexity index is 851. The number of ether oxygens (including phenoxy) is 1. The van der Waals surface area contributed by atoms with E-state index in [1.807, 2.05) is 42.5 Å². The van der Waals surface area contributed by atoms with Gasteiger partial charge in [0, 0.05) is 0 Å². The van der Waals surface area contributed by atoms with Crippen LogP contribution in [0.2, 0.25) is 0 Å². The van der Waals surface area contributed by atoms with Gasteiger partial charge in [-0.2, -0.15) is 5.01 Å². The molecule has 3 rings (SSSR count). The molecule has 2 N–H and O–H groups in total. The Kier molecular flexibility index (Phi) is 5.12. The second-order valence-corrected chi connectivity index (χ2v) is 6.47. The molecule has 1 aliphatic heterocycles. The quantitative estimate of drug-likeness (QED) is 0.768. The zero-order valence-electron chi connectivity index (χ0n) is 15.2. The van der Waals surface area contributed by atoms with E-state index < -0.39 is 23.4 Å². The van der Waals surface area contributed by atoms with Gasteiger partial charge in [0.05, 0.1) is 0 Å². The molecule has 0 radical (unpaired) electrons. The highest BCUT2D eigenvalue weighted by Crippen LogP contribution is 2.22. The third-order valence-corrected chi connectivity index (χ3v) is 4.54. The van der Waals surface area contributed by atoms with Crippen molar-refractivity contribution in [3.05, 3.63) is 54.6 Å². The van der Waals surface area contributed by atoms with Crippen LogP contribution in [0, 0.1) is 0 Å². The van der Waals surface area contributed by atoms with E-state index in [1.54, 1.807) is 26.0 Å². The lowest BCUT2D eigenvalue weighted by molar-refractivity contribution is -0.139. The number of nitrogens with one attached hydrogen (secondary N) is 2. The van der Waals surface area contributed by atoms with Gasteiger partial charge < -0.3 is 10.1 Å². The molecule has 1 saturated heterocycles. The molecule has 1 aliphatic rings. The van der Waals surface area contributed by atoms with Gasteiger partial charge in [-0.05, 0) is 36.6 Å². The Morgan fingerprint density at radius 3 is 2.30 bits per heavy atom. The summed E-state index contributed by atoms with van der Waals surface area (Å²) in [5, 5.41) is 3.26. The lowest BCUT2D eigenvalue weighted by Crippen LogP contribution is -2.49. The van der Waals surface area contributed by atoms with Gasteiger partial charge in [-0.3, -0.25) is 15.0 Å². The molecule has 7 nitrogen and oxygen atoms in total. The molecular weight excluding hydrogens is 346 g/mol. The van der Waals surface area contributed by atoms with Gasteiger partial charge in [0.2, 0.25) is 0 Å². The fourth-order valence-electron chi connectivity index (χ4n) is 2.71. The molecule has 1 atom stereocenters. The predicted octanol–water partition coefficient (Wildman–Crippen LogP) is 2.48. The van der Waals surface area contributed by atoms with E-state index in [4.69, 9.17) is 4.74 Å². The Labute approximate surface area is 157 Å². The minimum Gasteiger partial charge on any atom is -0.484 e. The molecule has 1 heterocycles. The first-order valence-corrected chi connectivity index (χ1v) is 8.67. The third-order valence-electron chi connectivity index (χ3n) is 4.54. The van der Waals surface area contributed by atoms with Crippen molar-refractivity contribution < 1.29 is 19.1 Å². The Morgan fingerprint density at radius 2 is 1.70 bits per heavy atom. The molecule has 0 bridgehead atoms. The van der Waals surface area contributed by atoms with Gasteiger partial charge >= 0.3 is 6.03 Å². The highest BCUT2D eigenvalue weighted by atomic mass is 16.5. The molecule has 1 fully saturated rings. The standard InChI is InChI=1S/C20H21N3O4/c1-3-20(2)18(25)23(19(26)21-20)22-17(24)13-27-16-11-9-15(10-12-16)14-7-5-4-6-8-14/h4-12H,3,13H2,1-2H3,(H,21,26)(H,22,24)/t20-/m0/s1. The van der Waals surface area contributed by atoms with Crippen LogP contribution >= 0.6 is 0 Å². The smallest absolute Gasteiger partial charge is 0.344 e. The highest BCUT2D eigenvalue weighted by Gasteiger charge is 2.47. The average Bonchev–Trinajstić information content (AvgIpc) is 2.91. The number of benzene rings is 2. The molecule has 0 spiro atoms. The first kappa shape index (κ1) is 18.4. The molecule has 0 saturated carbocycles. The van der Waals surface area contributed by atoms with Crippen LogP contribution in [-0.2, 0) is 9.59 Å². The second-order valence-electron chi connectivity index (χ2n) is 6.47. The van der Waals surface area contributed by atoms with E-state index in [0.29, 0.717) is 17.2 Å². The Morgan fingerprint density at radius 1 is 1.07 bits per heavy atom. The van der Waals surface area contributed by atoms with Crippen LogP contribution in [0.4, 0.5) is 4.79 Å². The zero-order valence-corrected chi connectivity index (χ0v) is 15.2. The number of rotatable bonds is 6. The number of imide groups is 1. The van der Waals surface area contributed by atoms with Gasteiger partial charge in [0.15, 0.2) is 6.61 Å². The summed E-state index contributed by atoms with van der Waals surface area (Å²) in [7, 11) is 0. The van der Waals surface area contributed by atoms with Crippen molar-refractivity contribution in [1.82, 2.24) is 15.8 Å². The first-order valence-electron chi connectivity index (χ1n) is 8.67. The average molecular weight is 367 g/mol. The normalized spacial score (nSPS) is 19.0. The van der Waals surface area contributed by atoms with Crippen LogP contribution < -0.4 is 15.5 Å². The van der Waals surface area contributed by atoms with Crippen molar-refractivity contribution >= 4 is 17.8 Å². The van der Waals surface area contributed by atoms with E-state index in [9.17, 15) is 14.4 Å². The number of hydrazine groups is 1. The molecule has 140 valence electrons. The SMILES string of the molecule is CC[C@]1(C)NC(=O)N(NC(=O)COc2ccc(-c3ccccc3)cc2)C1=O. The van der Waals surface area contributed by atoms with Crippen LogP contribution in [0.3, 0.4) is 0 Å².